The van der Waals surface area contributed by atoms with Gasteiger partial charge in [-0.15, -0.1) is 0 Å². The Kier molecular flexibility index (Phi) is 31.8. The molecule has 0 saturated heterocycles. The molecule has 0 aliphatic carbocycles. The summed E-state index contributed by atoms with van der Waals surface area (Å²) in [5.41, 5.74) is 0. The summed E-state index contributed by atoms with van der Waals surface area (Å²) in [4.78, 5) is 103. The fraction of sp³-hybridized carbons (Fsp3) is 0. The first kappa shape index (κ1) is 36.9. The number of rotatable bonds is 0. The largest absolute Gasteiger partial charge is 4.00 e. The van der Waals surface area contributed by atoms with Gasteiger partial charge in [0.2, 0.25) is 0 Å². The Morgan fingerprint density at radius 2 is 0.333 bits per heavy atom. The molecule has 0 aromatic rings. The van der Waals surface area contributed by atoms with Crippen LogP contribution in [0.5, 0.6) is 0 Å². The topological polar surface area (TPSA) is 277 Å². The van der Waals surface area contributed by atoms with Gasteiger partial charge in [0.15, 0.2) is 0 Å². The third-order valence-corrected chi connectivity index (χ3v) is 0. The summed E-state index contributed by atoms with van der Waals surface area (Å²) >= 11 is 0. The maximum Gasteiger partial charge on any atom is 4.00 e. The summed E-state index contributed by atoms with van der Waals surface area (Å²) in [6, 6.07) is 0. The third-order valence-electron chi connectivity index (χ3n) is 0. The Balaban J connectivity index is -0.0000000277. The molecule has 0 aromatic heterocycles. The van der Waals surface area contributed by atoms with E-state index >= 15 is 0 Å². The zero-order valence-corrected chi connectivity index (χ0v) is 19.1. The summed E-state index contributed by atoms with van der Waals surface area (Å²) in [5.74, 6) is 0. The van der Waals surface area contributed by atoms with Crippen molar-refractivity contribution in [2.24, 2.45) is 0 Å². The molecule has 0 aromatic carbocycles. The number of hydrogen-bond donors (Lipinski definition) is 0. The van der Waals surface area contributed by atoms with Crippen LogP contribution >= 0.6 is 0 Å². The van der Waals surface area contributed by atoms with E-state index in [9.17, 15) is 0 Å². The molecule has 0 atom stereocenters. The van der Waals surface area contributed by atoms with Gasteiger partial charge in [0.05, 0.1) is 0 Å². The summed E-state index contributed by atoms with van der Waals surface area (Å²) in [6.07, 6.45) is 0. The van der Waals surface area contributed by atoms with Gasteiger partial charge in [0.25, 0.3) is 0 Å². The predicted molar refractivity (Wildman–Crippen MR) is 23.0 cm³/mol. The van der Waals surface area contributed by atoms with Gasteiger partial charge in [-0.3, -0.25) is 0 Å². The van der Waals surface area contributed by atoms with Gasteiger partial charge in [-0.2, -0.15) is 0 Å². The first-order valence-electron chi connectivity index (χ1n) is 2.45. The molecule has 0 rings (SSSR count). The van der Waals surface area contributed by atoms with Gasteiger partial charge < -0.3 is 84.7 Å². The Hall–Kier alpha value is 2.13. The molecule has 0 spiro atoms. The molecule has 0 N–H and O–H groups in total. The van der Waals surface area contributed by atoms with Crippen molar-refractivity contribution in [3.63, 3.8) is 0 Å². The molecule has 0 fully saturated rings. The van der Waals surface area contributed by atoms with Crippen LogP contribution in [0.3, 0.4) is 0 Å². The standard InChI is InChI=1S/2Hf.3O4Si.Si/c;;3*1-5(2,3)4;/q2*+4;3*-4;+4. The van der Waals surface area contributed by atoms with Crippen molar-refractivity contribution < 1.29 is 109 Å². The van der Waals surface area contributed by atoms with Crippen LogP contribution in [0.4, 0.5) is 0 Å². The third kappa shape index (κ3) is 1170. The van der Waals surface area contributed by atoms with E-state index in [4.69, 9.17) is 57.5 Å². The molecular formula is Hf2O12Si4. The minimum Gasteiger partial charge on any atom is -0.894 e. The SMILES string of the molecule is [Hf+4].[Hf+4].[O-][Si]([O-])([O-])[O-].[O-][Si]([O-])([O-])[O-].[O-][Si]([O-])([O-])[O-].[Si+4]. The van der Waals surface area contributed by atoms with Crippen molar-refractivity contribution >= 4 is 38.1 Å². The summed E-state index contributed by atoms with van der Waals surface area (Å²) in [6.45, 7) is 0. The van der Waals surface area contributed by atoms with E-state index in [0.29, 0.717) is 0 Å². The van der Waals surface area contributed by atoms with Gasteiger partial charge in [-0.1, -0.05) is 0 Å². The summed E-state index contributed by atoms with van der Waals surface area (Å²) in [5, 5.41) is 0. The average molecular weight is 661 g/mol. The van der Waals surface area contributed by atoms with Gasteiger partial charge in [0.1, 0.15) is 0 Å². The van der Waals surface area contributed by atoms with Crippen molar-refractivity contribution in [2.45, 2.75) is 0 Å². The van der Waals surface area contributed by atoms with Crippen molar-refractivity contribution in [3.05, 3.63) is 0 Å². The van der Waals surface area contributed by atoms with E-state index in [1.54, 1.807) is 0 Å². The van der Waals surface area contributed by atoms with Crippen LogP contribution in [0.1, 0.15) is 0 Å². The zero-order valence-electron chi connectivity index (χ0n) is 7.90. The molecule has 0 radical (unpaired) electrons. The molecule has 0 aliphatic heterocycles. The van der Waals surface area contributed by atoms with E-state index in [2.05, 4.69) is 0 Å². The minimum absolute atomic E-state index is 0. The van der Waals surface area contributed by atoms with Crippen LogP contribution < -0.4 is 57.5 Å². The van der Waals surface area contributed by atoms with Crippen LogP contribution in [0.25, 0.3) is 0 Å². The molecule has 0 unspecified atom stereocenters. The molecule has 96 valence electrons. The molecule has 0 saturated carbocycles. The van der Waals surface area contributed by atoms with Gasteiger partial charge in [-0.25, -0.2) is 0 Å². The molecule has 18 heavy (non-hydrogen) atoms. The summed E-state index contributed by atoms with van der Waals surface area (Å²) < 4.78 is 0. The van der Waals surface area contributed by atoms with E-state index in [1.807, 2.05) is 0 Å². The average Bonchev–Trinajstić information content (AvgIpc) is 1.41. The van der Waals surface area contributed by atoms with E-state index in [-0.39, 0.29) is 62.7 Å². The van der Waals surface area contributed by atoms with Gasteiger partial charge >= 0.3 is 62.7 Å². The monoisotopic (exact) mass is 664 g/mol. The van der Waals surface area contributed by atoms with Gasteiger partial charge in [-0.05, 0) is 0 Å². The van der Waals surface area contributed by atoms with Crippen LogP contribution in [0.15, 0.2) is 0 Å². The normalized spacial score (nSPS) is 10.0. The van der Waals surface area contributed by atoms with Crippen LogP contribution in [-0.4, -0.2) is 38.1 Å². The van der Waals surface area contributed by atoms with Crippen LogP contribution in [0.2, 0.25) is 0 Å². The smallest absolute Gasteiger partial charge is 0.894 e. The molecule has 0 bridgehead atoms. The Morgan fingerprint density at radius 1 is 0.333 bits per heavy atom. The molecule has 0 heterocycles. The fourth-order valence-electron chi connectivity index (χ4n) is 0. The molecule has 0 amide bonds. The van der Waals surface area contributed by atoms with E-state index in [0.717, 1.165) is 0 Å². The predicted octanol–water partition coefficient (Wildman–Crippen LogP) is -15.8. The van der Waals surface area contributed by atoms with E-state index in [1.165, 1.54) is 0 Å². The molecule has 0 aliphatic rings. The molecular weight excluding hydrogens is 661 g/mol. The van der Waals surface area contributed by atoms with Crippen molar-refractivity contribution in [2.75, 3.05) is 0 Å². The second-order valence-electron chi connectivity index (χ2n) is 1.50. The van der Waals surface area contributed by atoms with Crippen molar-refractivity contribution in [3.8, 4) is 0 Å². The van der Waals surface area contributed by atoms with E-state index < -0.39 is 27.1 Å². The quantitative estimate of drug-likeness (QED) is 0.219. The second-order valence-corrected chi connectivity index (χ2v) is 4.50. The van der Waals surface area contributed by atoms with Gasteiger partial charge in [0, 0.05) is 0 Å². The second kappa shape index (κ2) is 15.5. The zero-order chi connectivity index (χ0) is 13.5. The van der Waals surface area contributed by atoms with Crippen LogP contribution in [-0.2, 0) is 51.7 Å². The first-order valence-corrected chi connectivity index (χ1v) is 7.35. The molecule has 12 nitrogen and oxygen atoms in total. The maximum atomic E-state index is 8.58. The van der Waals surface area contributed by atoms with Crippen LogP contribution in [0, 0.1) is 0 Å². The number of hydrogen-bond acceptors (Lipinski definition) is 12. The van der Waals surface area contributed by atoms with Crippen molar-refractivity contribution in [1.82, 2.24) is 0 Å². The minimum atomic E-state index is -5.61. The maximum absolute atomic E-state index is 8.58. The Labute approximate surface area is 146 Å². The Bertz CT molecular complexity index is 97.1. The Morgan fingerprint density at radius 3 is 0.333 bits per heavy atom. The van der Waals surface area contributed by atoms with Crippen molar-refractivity contribution in [1.29, 1.82) is 0 Å². The molecule has 18 heteroatoms. The fourth-order valence-corrected chi connectivity index (χ4v) is 0. The summed E-state index contributed by atoms with van der Waals surface area (Å²) in [7, 11) is -16.8. The first-order chi connectivity index (χ1) is 6.00.